The second-order valence-corrected chi connectivity index (χ2v) is 5.73. The van der Waals surface area contributed by atoms with Gasteiger partial charge in [-0.05, 0) is 42.2 Å². The molecule has 4 heteroatoms. The Morgan fingerprint density at radius 2 is 1.82 bits per heavy atom. The molecule has 0 atom stereocenters. The molecule has 0 fully saturated rings. The molecular formula is C18H21NO3. The third-order valence-electron chi connectivity index (χ3n) is 3.61. The van der Waals surface area contributed by atoms with E-state index in [9.17, 15) is 15.0 Å². The molecule has 0 heterocycles. The second-order valence-electron chi connectivity index (χ2n) is 5.73. The highest BCUT2D eigenvalue weighted by Crippen LogP contribution is 2.31. The zero-order valence-electron chi connectivity index (χ0n) is 13.1. The number of benzene rings is 2. The Labute approximate surface area is 130 Å². The van der Waals surface area contributed by atoms with Gasteiger partial charge in [0.1, 0.15) is 11.5 Å². The molecule has 2 aromatic rings. The largest absolute Gasteiger partial charge is 0.508 e. The first-order chi connectivity index (χ1) is 10.4. The van der Waals surface area contributed by atoms with Gasteiger partial charge in [0, 0.05) is 11.3 Å². The standard InChI is InChI=1S/C18H21NO3/c1-11(2)14-10-15(12(3)8-17(14)21)19-18(22)9-13-6-4-5-7-16(13)20/h4-8,10-11,20-21H,9H2,1-3H3,(H,19,22). The van der Waals surface area contributed by atoms with E-state index in [0.29, 0.717) is 11.3 Å². The topological polar surface area (TPSA) is 69.6 Å². The number of phenols is 2. The van der Waals surface area contributed by atoms with Crippen LogP contribution in [0.2, 0.25) is 0 Å². The molecule has 2 aromatic carbocycles. The molecule has 0 aliphatic carbocycles. The Hall–Kier alpha value is -2.49. The van der Waals surface area contributed by atoms with E-state index in [-0.39, 0.29) is 29.7 Å². The van der Waals surface area contributed by atoms with Crippen LogP contribution >= 0.6 is 0 Å². The molecule has 2 rings (SSSR count). The lowest BCUT2D eigenvalue weighted by molar-refractivity contribution is -0.115. The van der Waals surface area contributed by atoms with Crippen molar-refractivity contribution in [2.45, 2.75) is 33.1 Å². The summed E-state index contributed by atoms with van der Waals surface area (Å²) in [5.41, 5.74) is 2.86. The average molecular weight is 299 g/mol. The minimum Gasteiger partial charge on any atom is -0.508 e. The van der Waals surface area contributed by atoms with Crippen molar-refractivity contribution in [3.63, 3.8) is 0 Å². The number of carbonyl (C=O) groups is 1. The number of anilines is 1. The molecule has 0 unspecified atom stereocenters. The highest BCUT2D eigenvalue weighted by molar-refractivity contribution is 5.93. The number of aryl methyl sites for hydroxylation is 1. The van der Waals surface area contributed by atoms with Crippen LogP contribution in [-0.4, -0.2) is 16.1 Å². The summed E-state index contributed by atoms with van der Waals surface area (Å²) >= 11 is 0. The van der Waals surface area contributed by atoms with Gasteiger partial charge in [0.2, 0.25) is 5.91 Å². The Bertz CT molecular complexity index is 693. The summed E-state index contributed by atoms with van der Waals surface area (Å²) in [6.45, 7) is 5.80. The summed E-state index contributed by atoms with van der Waals surface area (Å²) < 4.78 is 0. The number of carbonyl (C=O) groups excluding carboxylic acids is 1. The third kappa shape index (κ3) is 3.58. The molecule has 4 nitrogen and oxygen atoms in total. The van der Waals surface area contributed by atoms with Crippen LogP contribution in [0, 0.1) is 6.92 Å². The number of amides is 1. The van der Waals surface area contributed by atoms with Gasteiger partial charge in [0.15, 0.2) is 0 Å². The van der Waals surface area contributed by atoms with Gasteiger partial charge in [-0.15, -0.1) is 0 Å². The lowest BCUT2D eigenvalue weighted by Crippen LogP contribution is -2.15. The van der Waals surface area contributed by atoms with Crippen LogP contribution in [0.4, 0.5) is 5.69 Å². The summed E-state index contributed by atoms with van der Waals surface area (Å²) in [5, 5.41) is 22.5. The maximum absolute atomic E-state index is 12.2. The Morgan fingerprint density at radius 3 is 2.45 bits per heavy atom. The van der Waals surface area contributed by atoms with Crippen molar-refractivity contribution in [3.8, 4) is 11.5 Å². The monoisotopic (exact) mass is 299 g/mol. The Morgan fingerprint density at radius 1 is 1.14 bits per heavy atom. The molecule has 3 N–H and O–H groups in total. The van der Waals surface area contributed by atoms with Crippen molar-refractivity contribution in [1.29, 1.82) is 0 Å². The van der Waals surface area contributed by atoms with E-state index >= 15 is 0 Å². The minimum atomic E-state index is -0.204. The molecule has 0 spiro atoms. The van der Waals surface area contributed by atoms with Gasteiger partial charge in [-0.1, -0.05) is 32.0 Å². The second kappa shape index (κ2) is 6.52. The summed E-state index contributed by atoms with van der Waals surface area (Å²) in [6, 6.07) is 10.2. The van der Waals surface area contributed by atoms with Crippen LogP contribution in [0.15, 0.2) is 36.4 Å². The van der Waals surface area contributed by atoms with Crippen molar-refractivity contribution in [2.24, 2.45) is 0 Å². The first-order valence-corrected chi connectivity index (χ1v) is 7.28. The minimum absolute atomic E-state index is 0.101. The van der Waals surface area contributed by atoms with Gasteiger partial charge >= 0.3 is 0 Å². The fraction of sp³-hybridized carbons (Fsp3) is 0.278. The van der Waals surface area contributed by atoms with Gasteiger partial charge in [0.05, 0.1) is 6.42 Å². The summed E-state index contributed by atoms with van der Waals surface area (Å²) in [5.74, 6) is 0.313. The Kier molecular flexibility index (Phi) is 4.71. The summed E-state index contributed by atoms with van der Waals surface area (Å²) in [4.78, 5) is 12.2. The van der Waals surface area contributed by atoms with E-state index in [0.717, 1.165) is 11.1 Å². The van der Waals surface area contributed by atoms with Gasteiger partial charge in [-0.2, -0.15) is 0 Å². The lowest BCUT2D eigenvalue weighted by atomic mass is 9.99. The fourth-order valence-corrected chi connectivity index (χ4v) is 2.33. The van der Waals surface area contributed by atoms with Crippen LogP contribution in [-0.2, 0) is 11.2 Å². The molecule has 0 radical (unpaired) electrons. The zero-order valence-corrected chi connectivity index (χ0v) is 13.1. The van der Waals surface area contributed by atoms with Crippen molar-refractivity contribution >= 4 is 11.6 Å². The van der Waals surface area contributed by atoms with Crippen LogP contribution in [0.25, 0.3) is 0 Å². The van der Waals surface area contributed by atoms with Crippen LogP contribution in [0.1, 0.15) is 36.5 Å². The molecule has 0 aromatic heterocycles. The van der Waals surface area contributed by atoms with Gasteiger partial charge in [-0.3, -0.25) is 4.79 Å². The normalized spacial score (nSPS) is 10.7. The van der Waals surface area contributed by atoms with E-state index in [1.165, 1.54) is 0 Å². The van der Waals surface area contributed by atoms with Crippen LogP contribution < -0.4 is 5.32 Å². The van der Waals surface area contributed by atoms with Crippen molar-refractivity contribution < 1.29 is 15.0 Å². The number of phenolic OH excluding ortho intramolecular Hbond substituents is 2. The predicted molar refractivity (Wildman–Crippen MR) is 87.4 cm³/mol. The van der Waals surface area contributed by atoms with E-state index in [1.54, 1.807) is 36.4 Å². The number of nitrogens with one attached hydrogen (secondary N) is 1. The number of hydrogen-bond donors (Lipinski definition) is 3. The van der Waals surface area contributed by atoms with E-state index < -0.39 is 0 Å². The molecule has 1 amide bonds. The number of para-hydroxylation sites is 1. The highest BCUT2D eigenvalue weighted by Gasteiger charge is 2.13. The highest BCUT2D eigenvalue weighted by atomic mass is 16.3. The van der Waals surface area contributed by atoms with Crippen molar-refractivity contribution in [1.82, 2.24) is 0 Å². The molecule has 0 aliphatic rings. The first kappa shape index (κ1) is 15.9. The number of rotatable bonds is 4. The van der Waals surface area contributed by atoms with Gasteiger partial charge in [-0.25, -0.2) is 0 Å². The molecule has 116 valence electrons. The van der Waals surface area contributed by atoms with E-state index in [2.05, 4.69) is 5.32 Å². The maximum atomic E-state index is 12.2. The van der Waals surface area contributed by atoms with Gasteiger partial charge in [0.25, 0.3) is 0 Å². The molecule has 0 bridgehead atoms. The lowest BCUT2D eigenvalue weighted by Gasteiger charge is -2.14. The van der Waals surface area contributed by atoms with Crippen molar-refractivity contribution in [2.75, 3.05) is 5.32 Å². The van der Waals surface area contributed by atoms with Crippen LogP contribution in [0.3, 0.4) is 0 Å². The van der Waals surface area contributed by atoms with Crippen molar-refractivity contribution in [3.05, 3.63) is 53.1 Å². The zero-order chi connectivity index (χ0) is 16.3. The summed E-state index contributed by atoms with van der Waals surface area (Å²) in [6.07, 6.45) is 0.101. The fourth-order valence-electron chi connectivity index (χ4n) is 2.33. The number of hydrogen-bond acceptors (Lipinski definition) is 3. The van der Waals surface area contributed by atoms with E-state index in [1.807, 2.05) is 20.8 Å². The summed E-state index contributed by atoms with van der Waals surface area (Å²) in [7, 11) is 0. The molecule has 0 aliphatic heterocycles. The molecule has 0 saturated carbocycles. The predicted octanol–water partition coefficient (Wildman–Crippen LogP) is 3.71. The SMILES string of the molecule is Cc1cc(O)c(C(C)C)cc1NC(=O)Cc1ccccc1O. The quantitative estimate of drug-likeness (QED) is 0.754. The molecular weight excluding hydrogens is 278 g/mol. The first-order valence-electron chi connectivity index (χ1n) is 7.28. The average Bonchev–Trinajstić information content (AvgIpc) is 2.44. The molecule has 0 saturated heterocycles. The number of aromatic hydroxyl groups is 2. The molecule has 22 heavy (non-hydrogen) atoms. The smallest absolute Gasteiger partial charge is 0.228 e. The third-order valence-corrected chi connectivity index (χ3v) is 3.61. The Balaban J connectivity index is 2.18. The van der Waals surface area contributed by atoms with E-state index in [4.69, 9.17) is 0 Å². The maximum Gasteiger partial charge on any atom is 0.228 e. The van der Waals surface area contributed by atoms with Gasteiger partial charge < -0.3 is 15.5 Å². The van der Waals surface area contributed by atoms with Crippen LogP contribution in [0.5, 0.6) is 11.5 Å².